The van der Waals surface area contributed by atoms with Crippen LogP contribution in [0.2, 0.25) is 0 Å². The van der Waals surface area contributed by atoms with Crippen LogP contribution in [0.15, 0.2) is 0 Å². The van der Waals surface area contributed by atoms with E-state index in [0.29, 0.717) is 6.42 Å². The normalized spacial score (nSPS) is 9.06. The lowest BCUT2D eigenvalue weighted by Gasteiger charge is -1.93. The highest BCUT2D eigenvalue weighted by atomic mass is 16.4. The van der Waals surface area contributed by atoms with Crippen LogP contribution in [-0.4, -0.2) is 26.0 Å². The minimum atomic E-state index is -0.693. The topological polar surface area (TPSA) is 154 Å². The van der Waals surface area contributed by atoms with Crippen molar-refractivity contribution >= 4 is 23.8 Å². The Hall–Kier alpha value is -2.12. The number of carboxylic acids is 1. The molecule has 8 heteroatoms. The number of hydrogen-bond donors (Lipinski definition) is 4. The van der Waals surface area contributed by atoms with Gasteiger partial charge in [-0.1, -0.05) is 13.3 Å². The number of rotatable bonds is 3. The molecule has 0 atom stereocenters. The molecule has 0 aromatic carbocycles. The van der Waals surface area contributed by atoms with Crippen molar-refractivity contribution in [2.45, 2.75) is 26.2 Å². The first-order valence-corrected chi connectivity index (χ1v) is 4.70. The van der Waals surface area contributed by atoms with Crippen LogP contribution in [0.4, 0.5) is 17.8 Å². The predicted molar refractivity (Wildman–Crippen MR) is 60.2 cm³/mol. The third kappa shape index (κ3) is 7.30. The molecule has 0 spiro atoms. The molecule has 1 aromatic rings. The van der Waals surface area contributed by atoms with Crippen molar-refractivity contribution in [3.8, 4) is 0 Å². The van der Waals surface area contributed by atoms with Crippen LogP contribution in [-0.2, 0) is 4.79 Å². The Morgan fingerprint density at radius 1 is 1.12 bits per heavy atom. The molecule has 0 radical (unpaired) electrons. The molecular weight excluding hydrogens is 212 g/mol. The summed E-state index contributed by atoms with van der Waals surface area (Å²) >= 11 is 0. The Balaban J connectivity index is 0.000000293. The summed E-state index contributed by atoms with van der Waals surface area (Å²) in [6.07, 6.45) is 2.08. The van der Waals surface area contributed by atoms with Gasteiger partial charge in [0.25, 0.3) is 0 Å². The zero-order chi connectivity index (χ0) is 12.6. The van der Waals surface area contributed by atoms with Crippen molar-refractivity contribution < 1.29 is 9.90 Å². The first-order valence-electron chi connectivity index (χ1n) is 4.70. The number of aromatic nitrogens is 3. The lowest BCUT2D eigenvalue weighted by molar-refractivity contribution is -0.137. The van der Waals surface area contributed by atoms with Gasteiger partial charge in [0, 0.05) is 6.42 Å². The molecule has 0 aliphatic carbocycles. The summed E-state index contributed by atoms with van der Waals surface area (Å²) in [5.74, 6) is -0.568. The highest BCUT2D eigenvalue weighted by Crippen LogP contribution is 1.97. The molecule has 16 heavy (non-hydrogen) atoms. The van der Waals surface area contributed by atoms with Crippen molar-refractivity contribution in [2.24, 2.45) is 0 Å². The van der Waals surface area contributed by atoms with Gasteiger partial charge in [-0.15, -0.1) is 0 Å². The third-order valence-electron chi connectivity index (χ3n) is 1.43. The van der Waals surface area contributed by atoms with Gasteiger partial charge in [-0.2, -0.15) is 15.0 Å². The predicted octanol–water partition coefficient (Wildman–Crippen LogP) is -0.121. The first kappa shape index (κ1) is 13.9. The maximum absolute atomic E-state index is 9.76. The Morgan fingerprint density at radius 3 is 1.69 bits per heavy atom. The average molecular weight is 228 g/mol. The molecule has 0 saturated heterocycles. The molecule has 1 rings (SSSR count). The Morgan fingerprint density at radius 2 is 1.50 bits per heavy atom. The molecule has 7 N–H and O–H groups in total. The van der Waals surface area contributed by atoms with Crippen LogP contribution < -0.4 is 17.2 Å². The monoisotopic (exact) mass is 228 g/mol. The summed E-state index contributed by atoms with van der Waals surface area (Å²) in [5.41, 5.74) is 15.4. The van der Waals surface area contributed by atoms with Crippen molar-refractivity contribution in [3.05, 3.63) is 0 Å². The zero-order valence-corrected chi connectivity index (χ0v) is 9.05. The zero-order valence-electron chi connectivity index (χ0n) is 9.05. The van der Waals surface area contributed by atoms with Gasteiger partial charge in [-0.05, 0) is 6.42 Å². The first-order chi connectivity index (χ1) is 7.45. The molecule has 0 unspecified atom stereocenters. The van der Waals surface area contributed by atoms with Crippen LogP contribution in [0.25, 0.3) is 0 Å². The average Bonchev–Trinajstić information content (AvgIpc) is 2.13. The smallest absolute Gasteiger partial charge is 0.303 e. The second kappa shape index (κ2) is 7.21. The van der Waals surface area contributed by atoms with E-state index in [1.807, 2.05) is 6.92 Å². The summed E-state index contributed by atoms with van der Waals surface area (Å²) in [5, 5.41) is 8.04. The Labute approximate surface area is 92.9 Å². The van der Waals surface area contributed by atoms with Crippen LogP contribution in [0, 0.1) is 0 Å². The van der Waals surface area contributed by atoms with Gasteiger partial charge in [-0.3, -0.25) is 4.79 Å². The van der Waals surface area contributed by atoms with Gasteiger partial charge in [0.1, 0.15) is 0 Å². The van der Waals surface area contributed by atoms with Gasteiger partial charge in [-0.25, -0.2) is 0 Å². The number of carboxylic acid groups (broad SMARTS) is 1. The fraction of sp³-hybridized carbons (Fsp3) is 0.500. The van der Waals surface area contributed by atoms with Crippen LogP contribution in [0.3, 0.4) is 0 Å². The quantitative estimate of drug-likeness (QED) is 0.558. The van der Waals surface area contributed by atoms with E-state index in [0.717, 1.165) is 12.8 Å². The lowest BCUT2D eigenvalue weighted by Crippen LogP contribution is -2.05. The number of aliphatic carboxylic acids is 1. The fourth-order valence-corrected chi connectivity index (χ4v) is 0.755. The molecule has 0 aliphatic heterocycles. The molecule has 90 valence electrons. The van der Waals surface area contributed by atoms with E-state index in [-0.39, 0.29) is 17.8 Å². The van der Waals surface area contributed by atoms with Crippen LogP contribution in [0.1, 0.15) is 26.2 Å². The minimum absolute atomic E-state index is 0.0417. The molecule has 0 fully saturated rings. The van der Waals surface area contributed by atoms with E-state index < -0.39 is 5.97 Å². The maximum atomic E-state index is 9.76. The molecule has 1 aromatic heterocycles. The Kier molecular flexibility index (Phi) is 6.25. The van der Waals surface area contributed by atoms with Gasteiger partial charge in [0.05, 0.1) is 0 Å². The standard InChI is InChI=1S/C5H10O2.C3H6N6/c1-2-3-4-5(6)7;4-1-7-2(5)9-3(6)8-1/h2-4H2,1H3,(H,6,7);(H6,4,5,6,7,8,9). The van der Waals surface area contributed by atoms with Crippen molar-refractivity contribution in [2.75, 3.05) is 17.2 Å². The minimum Gasteiger partial charge on any atom is -0.481 e. The molecule has 0 amide bonds. The van der Waals surface area contributed by atoms with E-state index in [9.17, 15) is 4.79 Å². The second-order valence-corrected chi connectivity index (χ2v) is 2.91. The van der Waals surface area contributed by atoms with E-state index in [1.165, 1.54) is 0 Å². The third-order valence-corrected chi connectivity index (χ3v) is 1.43. The molecule has 1 heterocycles. The molecule has 0 aliphatic rings. The molecule has 0 saturated carbocycles. The number of anilines is 3. The van der Waals surface area contributed by atoms with Crippen molar-refractivity contribution in [3.63, 3.8) is 0 Å². The van der Waals surface area contributed by atoms with Gasteiger partial charge in [0.15, 0.2) is 0 Å². The summed E-state index contributed by atoms with van der Waals surface area (Å²) < 4.78 is 0. The number of nitrogens with zero attached hydrogens (tertiary/aromatic N) is 3. The van der Waals surface area contributed by atoms with E-state index in [2.05, 4.69) is 15.0 Å². The number of nitrogens with two attached hydrogens (primary N) is 3. The van der Waals surface area contributed by atoms with E-state index >= 15 is 0 Å². The highest BCUT2D eigenvalue weighted by Gasteiger charge is 1.93. The number of nitrogen functional groups attached to an aromatic ring is 3. The largest absolute Gasteiger partial charge is 0.481 e. The second-order valence-electron chi connectivity index (χ2n) is 2.91. The van der Waals surface area contributed by atoms with Gasteiger partial charge >= 0.3 is 5.97 Å². The summed E-state index contributed by atoms with van der Waals surface area (Å²) in [6.45, 7) is 1.98. The molecule has 0 bridgehead atoms. The lowest BCUT2D eigenvalue weighted by atomic mass is 10.3. The fourth-order valence-electron chi connectivity index (χ4n) is 0.755. The van der Waals surface area contributed by atoms with Gasteiger partial charge < -0.3 is 22.3 Å². The van der Waals surface area contributed by atoms with Crippen LogP contribution >= 0.6 is 0 Å². The van der Waals surface area contributed by atoms with Gasteiger partial charge in [0.2, 0.25) is 17.8 Å². The maximum Gasteiger partial charge on any atom is 0.303 e. The van der Waals surface area contributed by atoms with E-state index in [4.69, 9.17) is 22.3 Å². The SMILES string of the molecule is CCCCC(=O)O.Nc1nc(N)nc(N)n1. The molecule has 8 nitrogen and oxygen atoms in total. The number of unbranched alkanes of at least 4 members (excludes halogenated alkanes) is 1. The number of hydrogen-bond acceptors (Lipinski definition) is 7. The Bertz CT molecular complexity index is 293. The summed E-state index contributed by atoms with van der Waals surface area (Å²) in [4.78, 5) is 20.2. The van der Waals surface area contributed by atoms with Crippen LogP contribution in [0.5, 0.6) is 0 Å². The van der Waals surface area contributed by atoms with Crippen molar-refractivity contribution in [1.29, 1.82) is 0 Å². The highest BCUT2D eigenvalue weighted by molar-refractivity contribution is 5.66. The molecular formula is C8H16N6O2. The number of carbonyl (C=O) groups is 1. The summed E-state index contributed by atoms with van der Waals surface area (Å²) in [7, 11) is 0. The van der Waals surface area contributed by atoms with Crippen molar-refractivity contribution in [1.82, 2.24) is 15.0 Å². The summed E-state index contributed by atoms with van der Waals surface area (Å²) in [6, 6.07) is 0. The van der Waals surface area contributed by atoms with E-state index in [1.54, 1.807) is 0 Å².